The van der Waals surface area contributed by atoms with E-state index in [1.54, 1.807) is 7.05 Å². The van der Waals surface area contributed by atoms with Gasteiger partial charge in [-0.1, -0.05) is 38.1 Å². The minimum atomic E-state index is -4.45. The van der Waals surface area contributed by atoms with E-state index < -0.39 is 11.9 Å². The van der Waals surface area contributed by atoms with Crippen LogP contribution in [-0.2, 0) is 26.2 Å². The van der Waals surface area contributed by atoms with Gasteiger partial charge < -0.3 is 9.13 Å². The van der Waals surface area contributed by atoms with Gasteiger partial charge in [0.1, 0.15) is 11.6 Å². The Morgan fingerprint density at radius 1 is 1.03 bits per heavy atom. The molecule has 1 aliphatic rings. The fourth-order valence-corrected chi connectivity index (χ4v) is 5.30. The lowest BCUT2D eigenvalue weighted by molar-refractivity contribution is -0.140. The molecule has 0 spiro atoms. The van der Waals surface area contributed by atoms with Crippen LogP contribution in [0.25, 0.3) is 22.6 Å². The number of benzene rings is 1. The predicted octanol–water partition coefficient (Wildman–Crippen LogP) is 6.92. The number of halogens is 3. The molecule has 0 aliphatic carbocycles. The molecule has 0 saturated heterocycles. The van der Waals surface area contributed by atoms with Crippen molar-refractivity contribution in [1.82, 2.24) is 24.1 Å². The summed E-state index contributed by atoms with van der Waals surface area (Å²) >= 11 is 0. The van der Waals surface area contributed by atoms with E-state index in [1.807, 2.05) is 36.5 Å². The summed E-state index contributed by atoms with van der Waals surface area (Å²) in [6.45, 7) is 7.26. The van der Waals surface area contributed by atoms with Crippen LogP contribution in [0.5, 0.6) is 0 Å². The maximum atomic E-state index is 13.1. The van der Waals surface area contributed by atoms with E-state index in [0.29, 0.717) is 23.2 Å². The molecule has 0 fully saturated rings. The Bertz CT molecular complexity index is 1380. The quantitative estimate of drug-likeness (QED) is 0.310. The molecule has 0 saturated carbocycles. The zero-order chi connectivity index (χ0) is 25.6. The van der Waals surface area contributed by atoms with Crippen molar-refractivity contribution in [3.05, 3.63) is 77.3 Å². The number of alkyl halides is 3. The molecule has 0 radical (unpaired) electrons. The van der Waals surface area contributed by atoms with Crippen LogP contribution in [0.3, 0.4) is 0 Å². The van der Waals surface area contributed by atoms with Crippen molar-refractivity contribution in [2.45, 2.75) is 64.6 Å². The topological polar surface area (TPSA) is 48.5 Å². The maximum Gasteiger partial charge on any atom is 0.434 e. The SMILES string of the molecule is Cc1nc(-c2cccnc2C(C)C)c2n1CCC(c1ccc(-c3nc(C(F)(F)F)cn3C)cc1)CC2. The van der Waals surface area contributed by atoms with Crippen molar-refractivity contribution in [1.29, 1.82) is 0 Å². The molecule has 4 aromatic rings. The van der Waals surface area contributed by atoms with Gasteiger partial charge >= 0.3 is 6.18 Å². The number of nitrogens with zero attached hydrogens (tertiary/aromatic N) is 5. The van der Waals surface area contributed by atoms with Crippen LogP contribution in [0.4, 0.5) is 13.2 Å². The van der Waals surface area contributed by atoms with E-state index >= 15 is 0 Å². The van der Waals surface area contributed by atoms with E-state index in [0.717, 1.165) is 54.8 Å². The highest BCUT2D eigenvalue weighted by atomic mass is 19.4. The summed E-state index contributed by atoms with van der Waals surface area (Å²) in [5, 5.41) is 0. The predicted molar refractivity (Wildman–Crippen MR) is 134 cm³/mol. The minimum Gasteiger partial charge on any atom is -0.333 e. The summed E-state index contributed by atoms with van der Waals surface area (Å²) in [7, 11) is 1.59. The highest BCUT2D eigenvalue weighted by molar-refractivity contribution is 5.66. The summed E-state index contributed by atoms with van der Waals surface area (Å²) in [6, 6.07) is 11.9. The van der Waals surface area contributed by atoms with Gasteiger partial charge in [-0.15, -0.1) is 0 Å². The molecule has 0 amide bonds. The van der Waals surface area contributed by atoms with Crippen LogP contribution in [0, 0.1) is 6.92 Å². The summed E-state index contributed by atoms with van der Waals surface area (Å²) in [6.07, 6.45) is 1.29. The molecule has 1 aromatic carbocycles. The lowest BCUT2D eigenvalue weighted by atomic mass is 9.90. The van der Waals surface area contributed by atoms with Gasteiger partial charge in [0.15, 0.2) is 5.69 Å². The molecule has 1 aliphatic heterocycles. The highest BCUT2D eigenvalue weighted by Gasteiger charge is 2.34. The molecule has 3 aromatic heterocycles. The molecule has 5 nitrogen and oxygen atoms in total. The van der Waals surface area contributed by atoms with Crippen LogP contribution in [0.15, 0.2) is 48.8 Å². The zero-order valence-corrected chi connectivity index (χ0v) is 21.0. The molecule has 36 heavy (non-hydrogen) atoms. The van der Waals surface area contributed by atoms with Crippen LogP contribution in [0.2, 0.25) is 0 Å². The fourth-order valence-electron chi connectivity index (χ4n) is 5.30. The highest BCUT2D eigenvalue weighted by Crippen LogP contribution is 2.37. The summed E-state index contributed by atoms with van der Waals surface area (Å²) in [4.78, 5) is 13.4. The summed E-state index contributed by atoms with van der Waals surface area (Å²) < 4.78 is 43.0. The number of rotatable bonds is 4. The average molecular weight is 494 g/mol. The molecule has 0 bridgehead atoms. The van der Waals surface area contributed by atoms with Gasteiger partial charge in [-0.05, 0) is 55.7 Å². The first-order chi connectivity index (χ1) is 17.1. The average Bonchev–Trinajstić information content (AvgIpc) is 3.30. The van der Waals surface area contributed by atoms with Crippen molar-refractivity contribution < 1.29 is 13.2 Å². The first-order valence-corrected chi connectivity index (χ1v) is 12.4. The standard InChI is InChI=1S/C28H30F3N5/c1-17(2)25-22(6-5-14-32-25)26-23-12-11-20(13-15-36(23)18(3)33-26)19-7-9-21(10-8-19)27-34-24(16-35(27)4)28(29,30)31/h5-10,14,16-17,20H,11-13,15H2,1-4H3. The van der Waals surface area contributed by atoms with Crippen molar-refractivity contribution in [2.75, 3.05) is 0 Å². The molecule has 1 atom stereocenters. The van der Waals surface area contributed by atoms with E-state index in [1.165, 1.54) is 15.8 Å². The molecule has 0 N–H and O–H groups in total. The van der Waals surface area contributed by atoms with Crippen molar-refractivity contribution in [2.24, 2.45) is 7.05 Å². The lowest BCUT2D eigenvalue weighted by Crippen LogP contribution is -2.05. The van der Waals surface area contributed by atoms with Gasteiger partial charge in [0.2, 0.25) is 0 Å². The molecular formula is C28H30F3N5. The third-order valence-corrected chi connectivity index (χ3v) is 7.14. The minimum absolute atomic E-state index is 0.307. The number of hydrogen-bond acceptors (Lipinski definition) is 3. The van der Waals surface area contributed by atoms with Gasteiger partial charge in [0.25, 0.3) is 0 Å². The first-order valence-electron chi connectivity index (χ1n) is 12.4. The normalized spacial score (nSPS) is 16.3. The second kappa shape index (κ2) is 9.22. The van der Waals surface area contributed by atoms with E-state index in [-0.39, 0.29) is 0 Å². The van der Waals surface area contributed by atoms with Gasteiger partial charge in [-0.25, -0.2) is 9.97 Å². The van der Waals surface area contributed by atoms with Gasteiger partial charge in [0, 0.05) is 42.8 Å². The molecule has 188 valence electrons. The number of aromatic nitrogens is 5. The van der Waals surface area contributed by atoms with Crippen molar-refractivity contribution >= 4 is 0 Å². The number of pyridine rings is 1. The molecular weight excluding hydrogens is 463 g/mol. The zero-order valence-electron chi connectivity index (χ0n) is 21.0. The van der Waals surface area contributed by atoms with Crippen LogP contribution < -0.4 is 0 Å². The molecule has 4 heterocycles. The maximum absolute atomic E-state index is 13.1. The van der Waals surface area contributed by atoms with E-state index in [4.69, 9.17) is 4.98 Å². The van der Waals surface area contributed by atoms with Crippen molar-refractivity contribution in [3.8, 4) is 22.6 Å². The van der Waals surface area contributed by atoms with E-state index in [2.05, 4.69) is 41.4 Å². The second-order valence-corrected chi connectivity index (χ2v) is 9.90. The number of aryl methyl sites for hydroxylation is 2. The Morgan fingerprint density at radius 2 is 1.78 bits per heavy atom. The largest absolute Gasteiger partial charge is 0.434 e. The van der Waals surface area contributed by atoms with Crippen molar-refractivity contribution in [3.63, 3.8) is 0 Å². The van der Waals surface area contributed by atoms with Gasteiger partial charge in [-0.3, -0.25) is 4.98 Å². The Hall–Kier alpha value is -3.42. The molecule has 1 unspecified atom stereocenters. The smallest absolute Gasteiger partial charge is 0.333 e. The Labute approximate surface area is 209 Å². The van der Waals surface area contributed by atoms with Crippen LogP contribution in [0.1, 0.15) is 67.0 Å². The second-order valence-electron chi connectivity index (χ2n) is 9.90. The van der Waals surface area contributed by atoms with Gasteiger partial charge in [0.05, 0.1) is 11.4 Å². The summed E-state index contributed by atoms with van der Waals surface area (Å²) in [5.41, 5.74) is 5.48. The number of imidazole rings is 2. The van der Waals surface area contributed by atoms with Gasteiger partial charge in [-0.2, -0.15) is 13.2 Å². The Morgan fingerprint density at radius 3 is 2.44 bits per heavy atom. The van der Waals surface area contributed by atoms with Crippen LogP contribution in [-0.4, -0.2) is 24.1 Å². The Balaban J connectivity index is 1.39. The fraction of sp³-hybridized carbons (Fsp3) is 0.393. The number of fused-ring (bicyclic) bond motifs is 1. The van der Waals surface area contributed by atoms with Crippen LogP contribution >= 0.6 is 0 Å². The lowest BCUT2D eigenvalue weighted by Gasteiger charge is -2.15. The third kappa shape index (κ3) is 4.45. The molecule has 5 rings (SSSR count). The first kappa shape index (κ1) is 24.3. The Kier molecular flexibility index (Phi) is 6.22. The monoisotopic (exact) mass is 493 g/mol. The number of hydrogen-bond donors (Lipinski definition) is 0. The summed E-state index contributed by atoms with van der Waals surface area (Å²) in [5.74, 6) is 2.00. The molecule has 8 heteroatoms. The third-order valence-electron chi connectivity index (χ3n) is 7.14. The van der Waals surface area contributed by atoms with E-state index in [9.17, 15) is 13.2 Å².